The minimum absolute atomic E-state index is 0.327. The number of rotatable bonds is 5. The molecular weight excluding hydrogens is 198 g/mol. The number of likely N-dealkylation sites (tertiary alicyclic amines) is 1. The standard InChI is InChI=1S/C9H19N3O3/c1-14-8-2-5-12(6-3-8)7-4-9(13)15-11-10/h8,11H,2-7,10H2,1H3. The first-order valence-corrected chi connectivity index (χ1v) is 5.16. The lowest BCUT2D eigenvalue weighted by Gasteiger charge is -2.30. The number of hydrogen-bond donors (Lipinski definition) is 2. The Kier molecular flexibility index (Phi) is 5.56. The average Bonchev–Trinajstić information content (AvgIpc) is 2.27. The van der Waals surface area contributed by atoms with E-state index < -0.39 is 0 Å². The Bertz CT molecular complexity index is 193. The van der Waals surface area contributed by atoms with E-state index in [4.69, 9.17) is 10.6 Å². The second kappa shape index (κ2) is 6.73. The van der Waals surface area contributed by atoms with Crippen LogP contribution < -0.4 is 11.4 Å². The minimum atomic E-state index is -0.327. The highest BCUT2D eigenvalue weighted by atomic mass is 16.7. The molecule has 0 aromatic rings. The van der Waals surface area contributed by atoms with Gasteiger partial charge in [0.05, 0.1) is 12.5 Å². The number of nitrogens with one attached hydrogen (secondary N) is 1. The molecule has 0 unspecified atom stereocenters. The van der Waals surface area contributed by atoms with Gasteiger partial charge in [-0.05, 0) is 12.8 Å². The van der Waals surface area contributed by atoms with Crippen LogP contribution >= 0.6 is 0 Å². The lowest BCUT2D eigenvalue weighted by molar-refractivity contribution is -0.151. The second-order valence-electron chi connectivity index (χ2n) is 3.62. The fourth-order valence-electron chi connectivity index (χ4n) is 1.73. The fraction of sp³-hybridized carbons (Fsp3) is 0.889. The van der Waals surface area contributed by atoms with Gasteiger partial charge >= 0.3 is 5.97 Å². The molecule has 0 amide bonds. The summed E-state index contributed by atoms with van der Waals surface area (Å²) in [6, 6.07) is 0. The van der Waals surface area contributed by atoms with Crippen molar-refractivity contribution in [3.63, 3.8) is 0 Å². The Morgan fingerprint density at radius 1 is 1.53 bits per heavy atom. The smallest absolute Gasteiger partial charge is 0.327 e. The van der Waals surface area contributed by atoms with Gasteiger partial charge in [-0.15, -0.1) is 0 Å². The number of hydrogen-bond acceptors (Lipinski definition) is 6. The molecule has 6 nitrogen and oxygen atoms in total. The summed E-state index contributed by atoms with van der Waals surface area (Å²) in [6.07, 6.45) is 2.79. The third kappa shape index (κ3) is 4.57. The van der Waals surface area contributed by atoms with E-state index in [2.05, 4.69) is 9.74 Å². The Morgan fingerprint density at radius 3 is 2.73 bits per heavy atom. The van der Waals surface area contributed by atoms with Gasteiger partial charge in [-0.3, -0.25) is 4.79 Å². The Balaban J connectivity index is 2.10. The van der Waals surface area contributed by atoms with Gasteiger partial charge in [-0.2, -0.15) is 0 Å². The number of carbonyl (C=O) groups excluding carboxylic acids is 1. The van der Waals surface area contributed by atoms with Gasteiger partial charge in [0, 0.05) is 26.7 Å². The van der Waals surface area contributed by atoms with Crippen molar-refractivity contribution < 1.29 is 14.4 Å². The van der Waals surface area contributed by atoms with Crippen LogP contribution in [0.3, 0.4) is 0 Å². The van der Waals surface area contributed by atoms with Crippen molar-refractivity contribution in [2.75, 3.05) is 26.7 Å². The monoisotopic (exact) mass is 217 g/mol. The molecule has 1 rings (SSSR count). The maximum atomic E-state index is 11.0. The zero-order chi connectivity index (χ0) is 11.1. The molecular formula is C9H19N3O3. The summed E-state index contributed by atoms with van der Waals surface area (Å²) in [5.74, 6) is 4.52. The molecule has 0 saturated carbocycles. The van der Waals surface area contributed by atoms with Gasteiger partial charge in [0.2, 0.25) is 0 Å². The molecule has 15 heavy (non-hydrogen) atoms. The summed E-state index contributed by atoms with van der Waals surface area (Å²) in [4.78, 5) is 17.6. The van der Waals surface area contributed by atoms with Crippen molar-refractivity contribution in [3.05, 3.63) is 0 Å². The highest BCUT2D eigenvalue weighted by molar-refractivity contribution is 5.69. The third-order valence-corrected chi connectivity index (χ3v) is 2.67. The molecule has 3 N–H and O–H groups in total. The second-order valence-corrected chi connectivity index (χ2v) is 3.62. The lowest BCUT2D eigenvalue weighted by atomic mass is 10.1. The summed E-state index contributed by atoms with van der Waals surface area (Å²) in [7, 11) is 1.74. The summed E-state index contributed by atoms with van der Waals surface area (Å²) in [6.45, 7) is 2.67. The van der Waals surface area contributed by atoms with E-state index in [-0.39, 0.29) is 5.97 Å². The molecule has 0 aromatic heterocycles. The summed E-state index contributed by atoms with van der Waals surface area (Å²) in [5, 5.41) is 0. The summed E-state index contributed by atoms with van der Waals surface area (Å²) < 4.78 is 5.26. The number of carbonyl (C=O) groups is 1. The van der Waals surface area contributed by atoms with Gasteiger partial charge in [0.15, 0.2) is 0 Å². The molecule has 88 valence electrons. The van der Waals surface area contributed by atoms with E-state index >= 15 is 0 Å². The maximum Gasteiger partial charge on any atom is 0.327 e. The third-order valence-electron chi connectivity index (χ3n) is 2.67. The van der Waals surface area contributed by atoms with E-state index in [1.165, 1.54) is 0 Å². The van der Waals surface area contributed by atoms with Crippen LogP contribution in [0.15, 0.2) is 0 Å². The van der Waals surface area contributed by atoms with Crippen LogP contribution in [0, 0.1) is 0 Å². The van der Waals surface area contributed by atoms with Crippen LogP contribution in [0.1, 0.15) is 19.3 Å². The molecule has 0 atom stereocenters. The first-order valence-electron chi connectivity index (χ1n) is 5.16. The number of nitrogens with two attached hydrogens (primary N) is 1. The molecule has 0 bridgehead atoms. The van der Waals surface area contributed by atoms with E-state index in [0.717, 1.165) is 32.5 Å². The Hall–Kier alpha value is -0.690. The van der Waals surface area contributed by atoms with Crippen LogP contribution in [-0.2, 0) is 14.4 Å². The van der Waals surface area contributed by atoms with Crippen molar-refractivity contribution in [2.45, 2.75) is 25.4 Å². The van der Waals surface area contributed by atoms with Crippen LogP contribution in [-0.4, -0.2) is 43.7 Å². The number of nitrogens with zero attached hydrogens (tertiary/aromatic N) is 1. The number of piperidine rings is 1. The highest BCUT2D eigenvalue weighted by Crippen LogP contribution is 2.12. The molecule has 1 aliphatic rings. The zero-order valence-corrected chi connectivity index (χ0v) is 9.07. The lowest BCUT2D eigenvalue weighted by Crippen LogP contribution is -2.38. The van der Waals surface area contributed by atoms with Gasteiger partial charge in [-0.1, -0.05) is 5.59 Å². The van der Waals surface area contributed by atoms with Gasteiger partial charge in [-0.25, -0.2) is 5.84 Å². The van der Waals surface area contributed by atoms with Crippen molar-refractivity contribution in [2.24, 2.45) is 5.84 Å². The molecule has 0 aliphatic carbocycles. The first kappa shape index (κ1) is 12.4. The van der Waals surface area contributed by atoms with Gasteiger partial charge < -0.3 is 14.5 Å². The number of methoxy groups -OCH3 is 1. The van der Waals surface area contributed by atoms with Gasteiger partial charge in [0.1, 0.15) is 0 Å². The van der Waals surface area contributed by atoms with Crippen molar-refractivity contribution in [1.29, 1.82) is 0 Å². The molecule has 0 aromatic carbocycles. The molecule has 1 saturated heterocycles. The van der Waals surface area contributed by atoms with Crippen molar-refractivity contribution >= 4 is 5.97 Å². The SMILES string of the molecule is COC1CCN(CCC(=O)ONN)CC1. The fourth-order valence-corrected chi connectivity index (χ4v) is 1.73. The maximum absolute atomic E-state index is 11.0. The van der Waals surface area contributed by atoms with Crippen molar-refractivity contribution in [3.8, 4) is 0 Å². The van der Waals surface area contributed by atoms with E-state index in [1.54, 1.807) is 7.11 Å². The first-order chi connectivity index (χ1) is 7.26. The largest absolute Gasteiger partial charge is 0.381 e. The minimum Gasteiger partial charge on any atom is -0.381 e. The molecule has 1 aliphatic heterocycles. The van der Waals surface area contributed by atoms with E-state index in [9.17, 15) is 4.79 Å². The average molecular weight is 217 g/mol. The van der Waals surface area contributed by atoms with E-state index in [1.807, 2.05) is 5.59 Å². The van der Waals surface area contributed by atoms with Crippen LogP contribution in [0.4, 0.5) is 0 Å². The van der Waals surface area contributed by atoms with Crippen molar-refractivity contribution in [1.82, 2.24) is 10.5 Å². The molecule has 1 fully saturated rings. The van der Waals surface area contributed by atoms with Crippen LogP contribution in [0.25, 0.3) is 0 Å². The summed E-state index contributed by atoms with van der Waals surface area (Å²) in [5.41, 5.74) is 1.88. The highest BCUT2D eigenvalue weighted by Gasteiger charge is 2.19. The van der Waals surface area contributed by atoms with E-state index in [0.29, 0.717) is 12.5 Å². The van der Waals surface area contributed by atoms with Crippen LogP contribution in [0.5, 0.6) is 0 Å². The Morgan fingerprint density at radius 2 is 2.20 bits per heavy atom. The normalized spacial score (nSPS) is 19.1. The number of ether oxygens (including phenoxy) is 1. The topological polar surface area (TPSA) is 76.8 Å². The summed E-state index contributed by atoms with van der Waals surface area (Å²) >= 11 is 0. The zero-order valence-electron chi connectivity index (χ0n) is 9.07. The Labute approximate surface area is 89.6 Å². The molecule has 0 radical (unpaired) electrons. The molecule has 0 spiro atoms. The molecule has 1 heterocycles. The quantitative estimate of drug-likeness (QED) is 0.473. The molecule has 6 heteroatoms. The predicted octanol–water partition coefficient (Wildman–Crippen LogP) is -0.591. The van der Waals surface area contributed by atoms with Crippen LogP contribution in [0.2, 0.25) is 0 Å². The number of hydrazine groups is 1. The predicted molar refractivity (Wildman–Crippen MR) is 54.5 cm³/mol. The van der Waals surface area contributed by atoms with Gasteiger partial charge in [0.25, 0.3) is 0 Å².